The van der Waals surface area contributed by atoms with E-state index in [1.807, 2.05) is 49.6 Å². The van der Waals surface area contributed by atoms with E-state index in [0.29, 0.717) is 24.5 Å². The maximum Gasteiger partial charge on any atom is 0.229 e. The standard InChI is InChI=1S/C24H22FN3O2S/c1-16-21(17(2)30-27-16)12-13-23(29)28(14-18-6-4-3-5-7-18)24-26-22(15-31-24)19-8-10-20(25)11-9-19/h3-11,15H,12-14H2,1-2H3. The van der Waals surface area contributed by atoms with E-state index < -0.39 is 0 Å². The van der Waals surface area contributed by atoms with Crippen molar-refractivity contribution in [3.05, 3.63) is 88.4 Å². The molecule has 5 nitrogen and oxygen atoms in total. The summed E-state index contributed by atoms with van der Waals surface area (Å²) in [5, 5.41) is 6.48. The Labute approximate surface area is 184 Å². The Morgan fingerprint density at radius 1 is 1.10 bits per heavy atom. The van der Waals surface area contributed by atoms with Crippen LogP contribution in [0.2, 0.25) is 0 Å². The van der Waals surface area contributed by atoms with E-state index in [-0.39, 0.29) is 11.7 Å². The van der Waals surface area contributed by atoms with Crippen molar-refractivity contribution < 1.29 is 13.7 Å². The summed E-state index contributed by atoms with van der Waals surface area (Å²) < 4.78 is 18.5. The van der Waals surface area contributed by atoms with Gasteiger partial charge in [0.1, 0.15) is 11.6 Å². The molecule has 4 aromatic rings. The van der Waals surface area contributed by atoms with Crippen LogP contribution in [0, 0.1) is 19.7 Å². The molecule has 0 saturated carbocycles. The van der Waals surface area contributed by atoms with Gasteiger partial charge < -0.3 is 4.52 Å². The zero-order valence-corrected chi connectivity index (χ0v) is 18.2. The largest absolute Gasteiger partial charge is 0.361 e. The Morgan fingerprint density at radius 3 is 2.52 bits per heavy atom. The van der Waals surface area contributed by atoms with Gasteiger partial charge in [0.05, 0.1) is 17.9 Å². The van der Waals surface area contributed by atoms with Gasteiger partial charge in [-0.05, 0) is 50.1 Å². The maximum atomic E-state index is 13.3. The number of anilines is 1. The number of nitrogens with zero attached hydrogens (tertiary/aromatic N) is 3. The van der Waals surface area contributed by atoms with Gasteiger partial charge in [-0.2, -0.15) is 0 Å². The zero-order valence-electron chi connectivity index (χ0n) is 17.3. The Balaban J connectivity index is 1.58. The number of halogens is 1. The number of hydrogen-bond acceptors (Lipinski definition) is 5. The van der Waals surface area contributed by atoms with Crippen molar-refractivity contribution in [3.8, 4) is 11.3 Å². The lowest BCUT2D eigenvalue weighted by Crippen LogP contribution is -2.30. The molecule has 2 aromatic carbocycles. The summed E-state index contributed by atoms with van der Waals surface area (Å²) in [6.45, 7) is 4.17. The molecule has 158 valence electrons. The summed E-state index contributed by atoms with van der Waals surface area (Å²) in [6, 6.07) is 16.0. The third-order valence-electron chi connectivity index (χ3n) is 5.12. The quantitative estimate of drug-likeness (QED) is 0.372. The molecular formula is C24H22FN3O2S. The first-order chi connectivity index (χ1) is 15.0. The topological polar surface area (TPSA) is 59.2 Å². The van der Waals surface area contributed by atoms with E-state index in [0.717, 1.165) is 33.8 Å². The lowest BCUT2D eigenvalue weighted by Gasteiger charge is -2.20. The van der Waals surface area contributed by atoms with Gasteiger partial charge in [0.15, 0.2) is 5.13 Å². The second-order valence-corrected chi connectivity index (χ2v) is 8.13. The molecular weight excluding hydrogens is 413 g/mol. The van der Waals surface area contributed by atoms with Crippen LogP contribution in [0.25, 0.3) is 11.3 Å². The van der Waals surface area contributed by atoms with Crippen LogP contribution < -0.4 is 4.90 Å². The molecule has 0 atom stereocenters. The highest BCUT2D eigenvalue weighted by Crippen LogP contribution is 2.29. The smallest absolute Gasteiger partial charge is 0.229 e. The summed E-state index contributed by atoms with van der Waals surface area (Å²) in [5.41, 5.74) is 4.34. The van der Waals surface area contributed by atoms with Crippen molar-refractivity contribution in [2.45, 2.75) is 33.2 Å². The van der Waals surface area contributed by atoms with E-state index >= 15 is 0 Å². The highest BCUT2D eigenvalue weighted by atomic mass is 32.1. The molecule has 2 aromatic heterocycles. The highest BCUT2D eigenvalue weighted by Gasteiger charge is 2.21. The molecule has 0 unspecified atom stereocenters. The minimum Gasteiger partial charge on any atom is -0.361 e. The summed E-state index contributed by atoms with van der Waals surface area (Å²) in [7, 11) is 0. The van der Waals surface area contributed by atoms with Crippen LogP contribution in [-0.2, 0) is 17.8 Å². The fourth-order valence-corrected chi connectivity index (χ4v) is 4.25. The van der Waals surface area contributed by atoms with E-state index in [1.54, 1.807) is 17.0 Å². The third kappa shape index (κ3) is 4.88. The third-order valence-corrected chi connectivity index (χ3v) is 5.98. The Morgan fingerprint density at radius 2 is 1.84 bits per heavy atom. The van der Waals surface area contributed by atoms with E-state index in [2.05, 4.69) is 10.1 Å². The van der Waals surface area contributed by atoms with Crippen LogP contribution >= 0.6 is 11.3 Å². The van der Waals surface area contributed by atoms with Crippen molar-refractivity contribution in [3.63, 3.8) is 0 Å². The molecule has 0 spiro atoms. The lowest BCUT2D eigenvalue weighted by molar-refractivity contribution is -0.118. The maximum absolute atomic E-state index is 13.3. The van der Waals surface area contributed by atoms with E-state index in [1.165, 1.54) is 23.5 Å². The van der Waals surface area contributed by atoms with Gasteiger partial charge in [-0.3, -0.25) is 9.69 Å². The first-order valence-electron chi connectivity index (χ1n) is 9.99. The number of carbonyl (C=O) groups excluding carboxylic acids is 1. The minimum absolute atomic E-state index is 0.0242. The van der Waals surface area contributed by atoms with Crippen molar-refractivity contribution in [2.75, 3.05) is 4.90 Å². The van der Waals surface area contributed by atoms with Gasteiger partial charge in [-0.1, -0.05) is 35.5 Å². The number of rotatable bonds is 7. The highest BCUT2D eigenvalue weighted by molar-refractivity contribution is 7.14. The van der Waals surface area contributed by atoms with Crippen molar-refractivity contribution >= 4 is 22.4 Å². The van der Waals surface area contributed by atoms with E-state index in [4.69, 9.17) is 4.52 Å². The monoisotopic (exact) mass is 435 g/mol. The van der Waals surface area contributed by atoms with Gasteiger partial charge in [0, 0.05) is 22.9 Å². The van der Waals surface area contributed by atoms with Crippen molar-refractivity contribution in [1.82, 2.24) is 10.1 Å². The Bertz CT molecular complexity index is 1150. The molecule has 7 heteroatoms. The van der Waals surface area contributed by atoms with Crippen molar-refractivity contribution in [2.24, 2.45) is 0 Å². The predicted octanol–water partition coefficient (Wildman–Crippen LogP) is 5.72. The van der Waals surface area contributed by atoms with Crippen LogP contribution in [0.5, 0.6) is 0 Å². The predicted molar refractivity (Wildman–Crippen MR) is 119 cm³/mol. The molecule has 2 heterocycles. The number of thiazole rings is 1. The van der Waals surface area contributed by atoms with Crippen LogP contribution in [-0.4, -0.2) is 16.0 Å². The molecule has 0 fully saturated rings. The summed E-state index contributed by atoms with van der Waals surface area (Å²) >= 11 is 1.40. The molecule has 0 aliphatic rings. The Hall–Kier alpha value is -3.32. The van der Waals surface area contributed by atoms with E-state index in [9.17, 15) is 9.18 Å². The minimum atomic E-state index is -0.292. The molecule has 0 saturated heterocycles. The number of amides is 1. The normalized spacial score (nSPS) is 10.9. The van der Waals surface area contributed by atoms with Gasteiger partial charge in [-0.25, -0.2) is 9.37 Å². The van der Waals surface area contributed by atoms with Gasteiger partial charge in [0.2, 0.25) is 5.91 Å². The second kappa shape index (κ2) is 9.22. The molecule has 0 aliphatic heterocycles. The molecule has 1 amide bonds. The fourth-order valence-electron chi connectivity index (χ4n) is 3.40. The molecule has 0 aliphatic carbocycles. The van der Waals surface area contributed by atoms with Gasteiger partial charge in [0.25, 0.3) is 0 Å². The summed E-state index contributed by atoms with van der Waals surface area (Å²) in [6.07, 6.45) is 0.878. The van der Waals surface area contributed by atoms with Crippen molar-refractivity contribution in [1.29, 1.82) is 0 Å². The number of carbonyl (C=O) groups is 1. The second-order valence-electron chi connectivity index (χ2n) is 7.29. The summed E-state index contributed by atoms with van der Waals surface area (Å²) in [4.78, 5) is 19.6. The average Bonchev–Trinajstić information content (AvgIpc) is 3.38. The van der Waals surface area contributed by atoms with Crippen LogP contribution in [0.4, 0.5) is 9.52 Å². The lowest BCUT2D eigenvalue weighted by atomic mass is 10.1. The first-order valence-corrected chi connectivity index (χ1v) is 10.9. The van der Waals surface area contributed by atoms with Gasteiger partial charge >= 0.3 is 0 Å². The number of benzene rings is 2. The fraction of sp³-hybridized carbons (Fsp3) is 0.208. The molecule has 0 radical (unpaired) electrons. The van der Waals surface area contributed by atoms with Crippen LogP contribution in [0.1, 0.15) is 29.0 Å². The first kappa shape index (κ1) is 20.9. The molecule has 0 N–H and O–H groups in total. The Kier molecular flexibility index (Phi) is 6.23. The van der Waals surface area contributed by atoms with Crippen LogP contribution in [0.3, 0.4) is 0 Å². The average molecular weight is 436 g/mol. The molecule has 4 rings (SSSR count). The van der Waals surface area contributed by atoms with Gasteiger partial charge in [-0.15, -0.1) is 11.3 Å². The van der Waals surface area contributed by atoms with Crippen LogP contribution in [0.15, 0.2) is 64.5 Å². The summed E-state index contributed by atoms with van der Waals surface area (Å²) in [5.74, 6) is 0.427. The molecule has 31 heavy (non-hydrogen) atoms. The number of aryl methyl sites for hydroxylation is 2. The molecule has 0 bridgehead atoms. The zero-order chi connectivity index (χ0) is 21.8. The SMILES string of the molecule is Cc1noc(C)c1CCC(=O)N(Cc1ccccc1)c1nc(-c2ccc(F)cc2)cs1. The number of hydrogen-bond donors (Lipinski definition) is 0. The number of aromatic nitrogens is 2.